The molecule has 1 aromatic heterocycles. The molecule has 0 saturated carbocycles. The summed E-state index contributed by atoms with van der Waals surface area (Å²) in [7, 11) is 3.85. The molecule has 2 aromatic rings. The van der Waals surface area contributed by atoms with E-state index in [0.717, 1.165) is 23.8 Å². The molecular weight excluding hydrogens is 501 g/mol. The molecule has 2 aliphatic rings. The Morgan fingerprint density at radius 3 is 2.53 bits per heavy atom. The highest BCUT2D eigenvalue weighted by molar-refractivity contribution is 5.87. The smallest absolute Gasteiger partial charge is 0.418 e. The first-order chi connectivity index (χ1) is 18.0. The Balaban J connectivity index is 1.68. The minimum Gasteiger partial charge on any atom is -0.508 e. The summed E-state index contributed by atoms with van der Waals surface area (Å²) in [5.74, 6) is 0.313. The highest BCUT2D eigenvalue weighted by Gasteiger charge is 2.37. The van der Waals surface area contributed by atoms with Crippen molar-refractivity contribution in [2.45, 2.75) is 32.2 Å². The third-order valence-corrected chi connectivity index (χ3v) is 6.64. The first-order valence-electron chi connectivity index (χ1n) is 12.5. The predicted octanol–water partition coefficient (Wildman–Crippen LogP) is 2.93. The minimum atomic E-state index is -4.57. The number of carbonyl (C=O) groups is 1. The summed E-state index contributed by atoms with van der Waals surface area (Å²) in [4.78, 5) is 28.7. The first-order valence-corrected chi connectivity index (χ1v) is 12.5. The second-order valence-electron chi connectivity index (χ2n) is 9.83. The van der Waals surface area contributed by atoms with Gasteiger partial charge in [0.2, 0.25) is 5.91 Å². The van der Waals surface area contributed by atoms with E-state index in [1.54, 1.807) is 9.80 Å². The molecular formula is C26H33F3N6O3. The van der Waals surface area contributed by atoms with Crippen LogP contribution in [0.5, 0.6) is 11.8 Å². The lowest BCUT2D eigenvalue weighted by Crippen LogP contribution is -2.49. The van der Waals surface area contributed by atoms with Gasteiger partial charge < -0.3 is 29.4 Å². The van der Waals surface area contributed by atoms with Crippen LogP contribution >= 0.6 is 0 Å². The molecule has 3 heterocycles. The van der Waals surface area contributed by atoms with Gasteiger partial charge in [-0.25, -0.2) is 0 Å². The second-order valence-corrected chi connectivity index (χ2v) is 9.83. The highest BCUT2D eigenvalue weighted by Crippen LogP contribution is 2.40. The quantitative estimate of drug-likeness (QED) is 0.543. The van der Waals surface area contributed by atoms with Crippen LogP contribution in [-0.2, 0) is 23.9 Å². The Morgan fingerprint density at radius 1 is 1.18 bits per heavy atom. The second kappa shape index (κ2) is 11.1. The van der Waals surface area contributed by atoms with Crippen molar-refractivity contribution in [2.24, 2.45) is 0 Å². The number of aromatic hydroxyl groups is 1. The Hall–Kier alpha value is -3.54. The molecule has 206 valence electrons. The van der Waals surface area contributed by atoms with Crippen molar-refractivity contribution < 1.29 is 27.8 Å². The lowest BCUT2D eigenvalue weighted by molar-refractivity contribution is -0.137. The van der Waals surface area contributed by atoms with E-state index in [9.17, 15) is 23.1 Å². The summed E-state index contributed by atoms with van der Waals surface area (Å²) in [6.45, 7) is 8.57. The summed E-state index contributed by atoms with van der Waals surface area (Å²) in [5, 5.41) is 9.95. The Morgan fingerprint density at radius 2 is 1.89 bits per heavy atom. The van der Waals surface area contributed by atoms with E-state index < -0.39 is 11.7 Å². The van der Waals surface area contributed by atoms with Gasteiger partial charge in [0.15, 0.2) is 0 Å². The third kappa shape index (κ3) is 6.12. The number of phenols is 1. The van der Waals surface area contributed by atoms with Crippen molar-refractivity contribution in [1.82, 2.24) is 19.8 Å². The average molecular weight is 535 g/mol. The molecule has 1 amide bonds. The average Bonchev–Trinajstić information content (AvgIpc) is 2.86. The zero-order valence-corrected chi connectivity index (χ0v) is 21.8. The standard InChI is InChI=1S/C26H33F3N6O3/c1-5-23(37)33-10-12-34(13-11-33)24-19-8-9-35(22-14-18(36)6-7-20(22)26(27,28)29)16-21(19)30-25(31-24)38-17(2)15-32(3)4/h5-7,14,17,36H,1,8-13,15-16H2,2-4H3/t17-/m1/s1. The van der Waals surface area contributed by atoms with Gasteiger partial charge in [-0.1, -0.05) is 6.58 Å². The number of carbonyl (C=O) groups excluding carboxylic acids is 1. The maximum atomic E-state index is 13.8. The number of anilines is 2. The molecule has 0 unspecified atom stereocenters. The molecule has 0 aliphatic carbocycles. The van der Waals surface area contributed by atoms with Crippen LogP contribution in [0.1, 0.15) is 23.7 Å². The van der Waals surface area contributed by atoms with Crippen LogP contribution < -0.4 is 14.5 Å². The summed E-state index contributed by atoms with van der Waals surface area (Å²) < 4.78 is 47.3. The summed E-state index contributed by atoms with van der Waals surface area (Å²) in [6.07, 6.45) is -3.08. The van der Waals surface area contributed by atoms with Gasteiger partial charge in [-0.3, -0.25) is 4.79 Å². The lowest BCUT2D eigenvalue weighted by Gasteiger charge is -2.38. The van der Waals surface area contributed by atoms with Crippen molar-refractivity contribution >= 4 is 17.4 Å². The number of fused-ring (bicyclic) bond motifs is 1. The summed E-state index contributed by atoms with van der Waals surface area (Å²) >= 11 is 0. The van der Waals surface area contributed by atoms with Crippen LogP contribution in [0.15, 0.2) is 30.9 Å². The fourth-order valence-electron chi connectivity index (χ4n) is 4.93. The highest BCUT2D eigenvalue weighted by atomic mass is 19.4. The van der Waals surface area contributed by atoms with Gasteiger partial charge >= 0.3 is 12.2 Å². The third-order valence-electron chi connectivity index (χ3n) is 6.64. The molecule has 0 bridgehead atoms. The van der Waals surface area contributed by atoms with Gasteiger partial charge in [0.1, 0.15) is 17.7 Å². The molecule has 1 saturated heterocycles. The monoisotopic (exact) mass is 534 g/mol. The van der Waals surface area contributed by atoms with E-state index in [2.05, 4.69) is 16.5 Å². The molecule has 9 nitrogen and oxygen atoms in total. The number of halogens is 3. The molecule has 0 spiro atoms. The number of benzene rings is 1. The zero-order chi connectivity index (χ0) is 27.6. The van der Waals surface area contributed by atoms with Crippen molar-refractivity contribution in [1.29, 1.82) is 0 Å². The number of amides is 1. The SMILES string of the molecule is C=CC(=O)N1CCN(c2nc(O[C@H](C)CN(C)C)nc3c2CCN(c2cc(O)ccc2C(F)(F)F)C3)CC1. The maximum Gasteiger partial charge on any atom is 0.418 e. The first kappa shape index (κ1) is 27.5. The van der Waals surface area contributed by atoms with Gasteiger partial charge in [0, 0.05) is 50.9 Å². The Labute approximate surface area is 220 Å². The van der Waals surface area contributed by atoms with Crippen molar-refractivity contribution in [3.8, 4) is 11.8 Å². The number of hydrogen-bond donors (Lipinski definition) is 1. The van der Waals surface area contributed by atoms with Crippen molar-refractivity contribution in [3.05, 3.63) is 47.7 Å². The van der Waals surface area contributed by atoms with E-state index in [1.165, 1.54) is 6.08 Å². The number of alkyl halides is 3. The molecule has 0 radical (unpaired) electrons. The number of aromatic nitrogens is 2. The number of hydrogen-bond acceptors (Lipinski definition) is 8. The normalized spacial score (nSPS) is 16.9. The van der Waals surface area contributed by atoms with Crippen LogP contribution in [-0.4, -0.2) is 90.2 Å². The largest absolute Gasteiger partial charge is 0.508 e. The summed E-state index contributed by atoms with van der Waals surface area (Å²) in [6, 6.07) is 3.24. The van der Waals surface area contributed by atoms with Crippen LogP contribution in [0, 0.1) is 0 Å². The van der Waals surface area contributed by atoms with Gasteiger partial charge in [0.05, 0.1) is 23.5 Å². The van der Waals surface area contributed by atoms with Crippen LogP contribution in [0.25, 0.3) is 0 Å². The maximum absolute atomic E-state index is 13.8. The number of likely N-dealkylation sites (N-methyl/N-ethyl adjacent to an activating group) is 1. The fraction of sp³-hybridized carbons (Fsp3) is 0.500. The predicted molar refractivity (Wildman–Crippen MR) is 138 cm³/mol. The van der Waals surface area contributed by atoms with E-state index >= 15 is 0 Å². The van der Waals surface area contributed by atoms with Crippen LogP contribution in [0.4, 0.5) is 24.7 Å². The lowest BCUT2D eigenvalue weighted by atomic mass is 10.0. The van der Waals surface area contributed by atoms with Gasteiger partial charge in [-0.15, -0.1) is 0 Å². The zero-order valence-electron chi connectivity index (χ0n) is 21.8. The Kier molecular flexibility index (Phi) is 8.00. The molecule has 38 heavy (non-hydrogen) atoms. The number of piperazine rings is 1. The van der Waals surface area contributed by atoms with Crippen LogP contribution in [0.3, 0.4) is 0 Å². The van der Waals surface area contributed by atoms with Gasteiger partial charge in [-0.05, 0) is 45.6 Å². The fourth-order valence-corrected chi connectivity index (χ4v) is 4.93. The van der Waals surface area contributed by atoms with Crippen LogP contribution in [0.2, 0.25) is 0 Å². The molecule has 1 N–H and O–H groups in total. The van der Waals surface area contributed by atoms with E-state index in [-0.39, 0.29) is 36.0 Å². The molecule has 1 aromatic carbocycles. The molecule has 1 atom stereocenters. The molecule has 12 heteroatoms. The van der Waals surface area contributed by atoms with Crippen molar-refractivity contribution in [3.63, 3.8) is 0 Å². The van der Waals surface area contributed by atoms with E-state index in [4.69, 9.17) is 9.72 Å². The topological polar surface area (TPSA) is 85.3 Å². The number of rotatable bonds is 7. The Bertz CT molecular complexity index is 1180. The van der Waals surface area contributed by atoms with Gasteiger partial charge in [0.25, 0.3) is 0 Å². The van der Waals surface area contributed by atoms with E-state index in [1.807, 2.05) is 25.9 Å². The minimum absolute atomic E-state index is 0.0942. The summed E-state index contributed by atoms with van der Waals surface area (Å²) in [5.41, 5.74) is 0.524. The number of nitrogens with zero attached hydrogens (tertiary/aromatic N) is 6. The number of ether oxygens (including phenoxy) is 1. The molecule has 2 aliphatic heterocycles. The van der Waals surface area contributed by atoms with E-state index in [0.29, 0.717) is 57.2 Å². The molecule has 1 fully saturated rings. The van der Waals surface area contributed by atoms with Gasteiger partial charge in [-0.2, -0.15) is 23.1 Å². The number of phenolic OH excluding ortho intramolecular Hbond substituents is 1. The van der Waals surface area contributed by atoms with Crippen molar-refractivity contribution in [2.75, 3.05) is 63.2 Å². The molecule has 4 rings (SSSR count).